The molecule has 0 spiro atoms. The van der Waals surface area contributed by atoms with Gasteiger partial charge in [-0.1, -0.05) is 17.7 Å². The molecule has 6 nitrogen and oxygen atoms in total. The quantitative estimate of drug-likeness (QED) is 0.615. The maximum atomic E-state index is 12.1. The second-order valence-electron chi connectivity index (χ2n) is 5.32. The van der Waals surface area contributed by atoms with Gasteiger partial charge in [0.1, 0.15) is 18.1 Å². The normalized spacial score (nSPS) is 10.3. The minimum absolute atomic E-state index is 0.109. The van der Waals surface area contributed by atoms with Crippen LogP contribution in [-0.2, 0) is 9.53 Å². The number of benzene rings is 2. The molecular formula is C19H23ClN2O4. The molecule has 0 saturated heterocycles. The number of anilines is 2. The van der Waals surface area contributed by atoms with Crippen LogP contribution in [0.3, 0.4) is 0 Å². The van der Waals surface area contributed by atoms with Gasteiger partial charge in [0.15, 0.2) is 0 Å². The van der Waals surface area contributed by atoms with E-state index in [0.717, 1.165) is 5.69 Å². The lowest BCUT2D eigenvalue weighted by atomic mass is 10.3. The van der Waals surface area contributed by atoms with E-state index in [1.165, 1.54) is 0 Å². The predicted octanol–water partition coefficient (Wildman–Crippen LogP) is 3.81. The molecule has 1 amide bonds. The van der Waals surface area contributed by atoms with Gasteiger partial charge < -0.3 is 24.8 Å². The van der Waals surface area contributed by atoms with Crippen LogP contribution in [0.2, 0.25) is 5.02 Å². The molecule has 0 fully saturated rings. The Labute approximate surface area is 158 Å². The minimum Gasteiger partial charge on any atom is -0.495 e. The van der Waals surface area contributed by atoms with Crippen molar-refractivity contribution in [2.75, 3.05) is 44.1 Å². The highest BCUT2D eigenvalue weighted by Gasteiger charge is 2.06. The van der Waals surface area contributed by atoms with Gasteiger partial charge in [-0.05, 0) is 37.3 Å². The third kappa shape index (κ3) is 6.46. The summed E-state index contributed by atoms with van der Waals surface area (Å²) in [6.07, 6.45) is 0. The van der Waals surface area contributed by atoms with Crippen LogP contribution in [0.1, 0.15) is 6.92 Å². The highest BCUT2D eigenvalue weighted by molar-refractivity contribution is 6.32. The number of hydrogen-bond acceptors (Lipinski definition) is 5. The van der Waals surface area contributed by atoms with E-state index in [2.05, 4.69) is 10.6 Å². The standard InChI is InChI=1S/C19H23ClN2O4/c1-3-25-9-10-26-16-6-4-5-15(11-16)22-19(23)13-21-14-7-8-18(24-2)17(20)12-14/h4-8,11-12,21H,3,9-10,13H2,1-2H3,(H,22,23). The summed E-state index contributed by atoms with van der Waals surface area (Å²) in [4.78, 5) is 12.1. The summed E-state index contributed by atoms with van der Waals surface area (Å²) >= 11 is 6.07. The Bertz CT molecular complexity index is 724. The van der Waals surface area contributed by atoms with E-state index in [0.29, 0.717) is 42.0 Å². The summed E-state index contributed by atoms with van der Waals surface area (Å²) in [6, 6.07) is 12.5. The van der Waals surface area contributed by atoms with E-state index in [-0.39, 0.29) is 12.5 Å². The van der Waals surface area contributed by atoms with Gasteiger partial charge in [0, 0.05) is 24.0 Å². The smallest absolute Gasteiger partial charge is 0.243 e. The molecule has 2 aromatic carbocycles. The van der Waals surface area contributed by atoms with Gasteiger partial charge in [-0.2, -0.15) is 0 Å². The molecule has 0 aliphatic rings. The van der Waals surface area contributed by atoms with Crippen molar-refractivity contribution in [3.8, 4) is 11.5 Å². The second kappa shape index (κ2) is 10.5. The predicted molar refractivity (Wildman–Crippen MR) is 104 cm³/mol. The van der Waals surface area contributed by atoms with Crippen LogP contribution in [-0.4, -0.2) is 39.4 Å². The summed E-state index contributed by atoms with van der Waals surface area (Å²) in [7, 11) is 1.55. The van der Waals surface area contributed by atoms with Crippen molar-refractivity contribution in [3.05, 3.63) is 47.5 Å². The third-order valence-electron chi connectivity index (χ3n) is 3.42. The number of rotatable bonds is 10. The van der Waals surface area contributed by atoms with Gasteiger partial charge in [0.05, 0.1) is 25.3 Å². The van der Waals surface area contributed by atoms with Crippen LogP contribution in [0, 0.1) is 0 Å². The van der Waals surface area contributed by atoms with Gasteiger partial charge >= 0.3 is 0 Å². The van der Waals surface area contributed by atoms with E-state index in [1.807, 2.05) is 19.1 Å². The van der Waals surface area contributed by atoms with E-state index >= 15 is 0 Å². The Balaban J connectivity index is 1.82. The number of ether oxygens (including phenoxy) is 3. The molecule has 7 heteroatoms. The largest absolute Gasteiger partial charge is 0.495 e. The first-order valence-electron chi connectivity index (χ1n) is 8.30. The van der Waals surface area contributed by atoms with Crippen LogP contribution in [0.4, 0.5) is 11.4 Å². The summed E-state index contributed by atoms with van der Waals surface area (Å²) < 4.78 is 15.9. The molecule has 26 heavy (non-hydrogen) atoms. The molecule has 0 aromatic heterocycles. The fourth-order valence-corrected chi connectivity index (χ4v) is 2.45. The third-order valence-corrected chi connectivity index (χ3v) is 3.72. The van der Waals surface area contributed by atoms with E-state index < -0.39 is 0 Å². The van der Waals surface area contributed by atoms with Crippen molar-refractivity contribution in [3.63, 3.8) is 0 Å². The molecule has 0 unspecified atom stereocenters. The molecule has 0 radical (unpaired) electrons. The van der Waals surface area contributed by atoms with Crippen LogP contribution >= 0.6 is 11.6 Å². The Morgan fingerprint density at radius 2 is 1.96 bits per heavy atom. The highest BCUT2D eigenvalue weighted by Crippen LogP contribution is 2.27. The van der Waals surface area contributed by atoms with Crippen molar-refractivity contribution in [1.82, 2.24) is 0 Å². The molecule has 0 atom stereocenters. The number of carbonyl (C=O) groups excluding carboxylic acids is 1. The van der Waals surface area contributed by atoms with Gasteiger partial charge in [-0.25, -0.2) is 0 Å². The summed E-state index contributed by atoms with van der Waals surface area (Å²) in [5, 5.41) is 6.32. The minimum atomic E-state index is -0.177. The van der Waals surface area contributed by atoms with Crippen molar-refractivity contribution in [2.45, 2.75) is 6.92 Å². The first-order chi connectivity index (χ1) is 12.6. The summed E-state index contributed by atoms with van der Waals surface area (Å²) in [5.74, 6) is 1.09. The van der Waals surface area contributed by atoms with E-state index in [1.54, 1.807) is 37.4 Å². The van der Waals surface area contributed by atoms with Crippen molar-refractivity contribution in [2.24, 2.45) is 0 Å². The molecule has 2 N–H and O–H groups in total. The molecule has 140 valence electrons. The average Bonchev–Trinajstić information content (AvgIpc) is 2.64. The number of nitrogens with one attached hydrogen (secondary N) is 2. The Kier molecular flexibility index (Phi) is 8.05. The number of methoxy groups -OCH3 is 1. The number of amides is 1. The van der Waals surface area contributed by atoms with Crippen molar-refractivity contribution in [1.29, 1.82) is 0 Å². The van der Waals surface area contributed by atoms with Gasteiger partial charge in [0.2, 0.25) is 5.91 Å². The van der Waals surface area contributed by atoms with E-state index in [4.69, 9.17) is 25.8 Å². The Morgan fingerprint density at radius 3 is 2.69 bits per heavy atom. The average molecular weight is 379 g/mol. The van der Waals surface area contributed by atoms with Crippen LogP contribution < -0.4 is 20.1 Å². The summed E-state index contributed by atoms with van der Waals surface area (Å²) in [6.45, 7) is 3.69. The molecule has 2 rings (SSSR count). The second-order valence-corrected chi connectivity index (χ2v) is 5.73. The zero-order chi connectivity index (χ0) is 18.8. The van der Waals surface area contributed by atoms with Gasteiger partial charge in [-0.15, -0.1) is 0 Å². The van der Waals surface area contributed by atoms with Gasteiger partial charge in [-0.3, -0.25) is 4.79 Å². The molecular weight excluding hydrogens is 356 g/mol. The fourth-order valence-electron chi connectivity index (χ4n) is 2.19. The maximum Gasteiger partial charge on any atom is 0.243 e. The number of hydrogen-bond donors (Lipinski definition) is 2. The summed E-state index contributed by atoms with van der Waals surface area (Å²) in [5.41, 5.74) is 1.40. The van der Waals surface area contributed by atoms with Crippen LogP contribution in [0.15, 0.2) is 42.5 Å². The molecule has 0 bridgehead atoms. The van der Waals surface area contributed by atoms with E-state index in [9.17, 15) is 4.79 Å². The first kappa shape index (κ1) is 19.9. The Hall–Kier alpha value is -2.44. The molecule has 0 aliphatic heterocycles. The van der Waals surface area contributed by atoms with Crippen LogP contribution in [0.5, 0.6) is 11.5 Å². The zero-order valence-corrected chi connectivity index (χ0v) is 15.6. The van der Waals surface area contributed by atoms with Crippen LogP contribution in [0.25, 0.3) is 0 Å². The maximum absolute atomic E-state index is 12.1. The fraction of sp³-hybridized carbons (Fsp3) is 0.316. The zero-order valence-electron chi connectivity index (χ0n) is 14.9. The molecule has 0 heterocycles. The lowest BCUT2D eigenvalue weighted by molar-refractivity contribution is -0.114. The van der Waals surface area contributed by atoms with Gasteiger partial charge in [0.25, 0.3) is 0 Å². The molecule has 2 aromatic rings. The first-order valence-corrected chi connectivity index (χ1v) is 8.68. The Morgan fingerprint density at radius 1 is 1.12 bits per heavy atom. The molecule has 0 saturated carbocycles. The molecule has 0 aliphatic carbocycles. The lowest BCUT2D eigenvalue weighted by Gasteiger charge is -2.11. The monoisotopic (exact) mass is 378 g/mol. The number of halogens is 1. The lowest BCUT2D eigenvalue weighted by Crippen LogP contribution is -2.21. The van der Waals surface area contributed by atoms with Crippen molar-refractivity contribution < 1.29 is 19.0 Å². The SMILES string of the molecule is CCOCCOc1cccc(NC(=O)CNc2ccc(OC)c(Cl)c2)c1. The topological polar surface area (TPSA) is 68.8 Å². The highest BCUT2D eigenvalue weighted by atomic mass is 35.5. The van der Waals surface area contributed by atoms with Crippen molar-refractivity contribution >= 4 is 28.9 Å². The number of carbonyl (C=O) groups is 1.